The van der Waals surface area contributed by atoms with Gasteiger partial charge in [-0.05, 0) is 147 Å². The predicted molar refractivity (Wildman–Crippen MR) is 357 cm³/mol. The van der Waals surface area contributed by atoms with Crippen molar-refractivity contribution in [1.29, 1.82) is 0 Å². The number of nitrogens with zero attached hydrogens (tertiary/aromatic N) is 14. The SMILES string of the molecule is CC(Nc1ccn2ncc(-c3cnn(C(F)F)c3)c2n1)c1cc(F)ccc1OCC(F)F.CC(Nc1ccn2ncc(I)c2n1)c1cc(F)ccc1OCC(F)F.CC(Nc1ccn2nccc2n1)c1cc(F)ccc1O.CC(Nc1ccn2nccc2n1)c1cc(F)ccc1OCC(F)F. The highest BCUT2D eigenvalue weighted by Gasteiger charge is 2.22. The average Bonchev–Trinajstić information content (AvgIpc) is 1.68. The van der Waals surface area contributed by atoms with Crippen molar-refractivity contribution >= 4 is 68.5 Å². The van der Waals surface area contributed by atoms with Crippen LogP contribution in [-0.4, -0.2) is 112 Å². The van der Waals surface area contributed by atoms with Crippen LogP contribution in [0, 0.1) is 26.8 Å². The zero-order valence-electron chi connectivity index (χ0n) is 53.3. The van der Waals surface area contributed by atoms with Gasteiger partial charge >= 0.3 is 6.55 Å². The number of benzene rings is 4. The monoisotopic (exact) mass is 1520 g/mol. The van der Waals surface area contributed by atoms with Gasteiger partial charge < -0.3 is 40.6 Å². The topological polar surface area (TPSA) is 235 Å². The standard InChI is InChI=1S/C20H17F5N6O.C16H14F3IN4O.C16H15F3N4O.C14H13FN4O/c1-11(14-6-13(21)2-3-16(14)32-10-17(22)23)28-18-4-5-30-19(29-18)15(8-27-30)12-7-26-31(9-12)20(24)25;1-9(11-6-10(17)2-3-13(11)25-8-14(18)19)22-15-4-5-24-16(23-15)12(20)7-21-24;1-10(21-15-5-7-23-16(22-15)4-6-20-23)12-8-11(17)2-3-13(12)24-9-14(18)19;1-9(11-8-10(15)2-3-12(11)20)17-13-5-7-19-14(18-13)4-6-16-19/h2-9,11,17,20H,10H2,1H3,(H,28,29);2-7,9,14H,8H2,1H3,(H,22,23);2-8,10,14H,9H2,1H3,(H,21,22);2-9,20H,1H3,(H,17,18). The number of halogens is 13. The number of aromatic hydroxyl groups is 1. The van der Waals surface area contributed by atoms with Crippen LogP contribution >= 0.6 is 22.6 Å². The first kappa shape index (κ1) is 72.6. The third-order valence-electron chi connectivity index (χ3n) is 14.6. The van der Waals surface area contributed by atoms with Crippen LogP contribution in [0.15, 0.2) is 171 Å². The van der Waals surface area contributed by atoms with Crippen LogP contribution in [0.25, 0.3) is 33.7 Å². The molecule has 13 rings (SSSR count). The molecule has 9 heterocycles. The summed E-state index contributed by atoms with van der Waals surface area (Å²) >= 11 is 2.13. The van der Waals surface area contributed by atoms with E-state index >= 15 is 0 Å². The van der Waals surface area contributed by atoms with Crippen molar-refractivity contribution in [2.45, 2.75) is 77.7 Å². The number of hydrogen-bond donors (Lipinski definition) is 5. The molecule has 0 bridgehead atoms. The number of rotatable bonds is 23. The fourth-order valence-electron chi connectivity index (χ4n) is 9.94. The minimum atomic E-state index is -2.77. The Balaban J connectivity index is 0.000000147. The molecule has 0 fully saturated rings. The van der Waals surface area contributed by atoms with Gasteiger partial charge in [-0.3, -0.25) is 0 Å². The van der Waals surface area contributed by atoms with Gasteiger partial charge in [-0.15, -0.1) is 0 Å². The third kappa shape index (κ3) is 19.2. The lowest BCUT2D eigenvalue weighted by molar-refractivity contribution is 0.0566. The maximum atomic E-state index is 13.8. The van der Waals surface area contributed by atoms with Crippen molar-refractivity contribution in [1.82, 2.24) is 68.2 Å². The van der Waals surface area contributed by atoms with Gasteiger partial charge in [-0.1, -0.05) is 0 Å². The first-order valence-electron chi connectivity index (χ1n) is 30.3. The van der Waals surface area contributed by atoms with E-state index in [9.17, 15) is 57.8 Å². The maximum Gasteiger partial charge on any atom is 0.333 e. The lowest BCUT2D eigenvalue weighted by Gasteiger charge is -2.19. The number of alkyl halides is 8. The van der Waals surface area contributed by atoms with E-state index in [1.807, 2.05) is 6.92 Å². The van der Waals surface area contributed by atoms with Crippen molar-refractivity contribution in [2.24, 2.45) is 0 Å². The molecule has 35 heteroatoms. The smallest absolute Gasteiger partial charge is 0.333 e. The molecule has 0 aliphatic heterocycles. The van der Waals surface area contributed by atoms with Gasteiger partial charge in [0.05, 0.1) is 58.7 Å². The number of fused-ring (bicyclic) bond motifs is 4. The van der Waals surface area contributed by atoms with Crippen molar-refractivity contribution in [3.63, 3.8) is 0 Å². The summed E-state index contributed by atoms with van der Waals surface area (Å²) in [4.78, 5) is 17.7. The van der Waals surface area contributed by atoms with Crippen LogP contribution in [0.2, 0.25) is 0 Å². The molecule has 5 N–H and O–H groups in total. The molecule has 0 aliphatic carbocycles. The fraction of sp³-hybridized carbons (Fsp3) is 0.227. The Kier molecular flexibility index (Phi) is 23.8. The van der Waals surface area contributed by atoms with Crippen LogP contribution in [0.3, 0.4) is 0 Å². The Labute approximate surface area is 579 Å². The summed E-state index contributed by atoms with van der Waals surface area (Å²) in [5.74, 6) is 0.844. The van der Waals surface area contributed by atoms with E-state index in [4.69, 9.17) is 14.2 Å². The van der Waals surface area contributed by atoms with E-state index < -0.39 is 81.2 Å². The summed E-state index contributed by atoms with van der Waals surface area (Å²) in [6, 6.07) is 23.8. The van der Waals surface area contributed by atoms with Gasteiger partial charge in [0.15, 0.2) is 22.6 Å². The average molecular weight is 1520 g/mol. The van der Waals surface area contributed by atoms with Crippen molar-refractivity contribution in [2.75, 3.05) is 41.1 Å². The third-order valence-corrected chi connectivity index (χ3v) is 15.4. The molecule has 0 saturated carbocycles. The molecule has 0 spiro atoms. The van der Waals surface area contributed by atoms with E-state index in [-0.39, 0.29) is 34.9 Å². The van der Waals surface area contributed by atoms with Crippen LogP contribution in [0.1, 0.15) is 80.7 Å². The molecule has 22 nitrogen and oxygen atoms in total. The van der Waals surface area contributed by atoms with Gasteiger partial charge in [-0.2, -0.15) is 34.3 Å². The number of ether oxygens (including phenoxy) is 3. The van der Waals surface area contributed by atoms with Crippen molar-refractivity contribution in [3.05, 3.63) is 220 Å². The maximum absolute atomic E-state index is 13.8. The summed E-state index contributed by atoms with van der Waals surface area (Å²) in [5.41, 5.74) is 5.02. The molecule has 13 aromatic rings. The molecule has 9 aromatic heterocycles. The van der Waals surface area contributed by atoms with Crippen LogP contribution < -0.4 is 35.5 Å². The van der Waals surface area contributed by atoms with E-state index in [0.29, 0.717) is 83.9 Å². The molecule has 4 unspecified atom stereocenters. The summed E-state index contributed by atoms with van der Waals surface area (Å²) < 4.78 is 178. The van der Waals surface area contributed by atoms with Crippen molar-refractivity contribution in [3.8, 4) is 34.1 Å². The number of anilines is 4. The Hall–Kier alpha value is -11.1. The van der Waals surface area contributed by atoms with Gasteiger partial charge in [0.2, 0.25) is 0 Å². The summed E-state index contributed by atoms with van der Waals surface area (Å²) in [5, 5.41) is 42.2. The predicted octanol–water partition coefficient (Wildman–Crippen LogP) is 15.7. The molecule has 528 valence electrons. The largest absolute Gasteiger partial charge is 0.508 e. The molecule has 4 atom stereocenters. The Bertz CT molecular complexity index is 4910. The number of nitrogens with one attached hydrogen (secondary N) is 4. The summed E-state index contributed by atoms with van der Waals surface area (Å²) in [7, 11) is 0. The first-order valence-corrected chi connectivity index (χ1v) is 31.4. The van der Waals surface area contributed by atoms with Gasteiger partial charge in [0.25, 0.3) is 19.3 Å². The molecule has 101 heavy (non-hydrogen) atoms. The van der Waals surface area contributed by atoms with E-state index in [1.165, 1.54) is 89.8 Å². The highest BCUT2D eigenvalue weighted by Crippen LogP contribution is 2.34. The van der Waals surface area contributed by atoms with Gasteiger partial charge in [0, 0.05) is 76.5 Å². The van der Waals surface area contributed by atoms with Crippen LogP contribution in [0.4, 0.5) is 76.0 Å². The highest BCUT2D eigenvalue weighted by molar-refractivity contribution is 14.1. The zero-order valence-corrected chi connectivity index (χ0v) is 55.4. The number of phenolic OH excluding ortho intramolecular Hbond substituents is 1. The second kappa shape index (κ2) is 33.1. The molecular weight excluding hydrogens is 1460 g/mol. The molecule has 0 radical (unpaired) electrons. The minimum absolute atomic E-state index is 0.0526. The number of aromatic nitrogens is 14. The van der Waals surface area contributed by atoms with Crippen LogP contribution in [-0.2, 0) is 0 Å². The number of phenols is 1. The fourth-order valence-corrected chi connectivity index (χ4v) is 10.4. The second-order valence-electron chi connectivity index (χ2n) is 21.9. The molecule has 0 saturated heterocycles. The Morgan fingerprint density at radius 2 is 0.802 bits per heavy atom. The molecular formula is C66H59F12IN18O4. The Morgan fingerprint density at radius 3 is 1.23 bits per heavy atom. The molecule has 0 aliphatic rings. The van der Waals surface area contributed by atoms with E-state index in [1.54, 1.807) is 114 Å². The quantitative estimate of drug-likeness (QED) is 0.0296. The zero-order chi connectivity index (χ0) is 72.0. The van der Waals surface area contributed by atoms with Crippen LogP contribution in [0.5, 0.6) is 23.0 Å². The van der Waals surface area contributed by atoms with Gasteiger partial charge in [-0.25, -0.2) is 86.6 Å². The Morgan fingerprint density at radius 1 is 0.426 bits per heavy atom. The second-order valence-corrected chi connectivity index (χ2v) is 23.1. The minimum Gasteiger partial charge on any atom is -0.508 e. The summed E-state index contributed by atoms with van der Waals surface area (Å²) in [6.45, 7) is 1.99. The van der Waals surface area contributed by atoms with E-state index in [0.717, 1.165) is 9.64 Å². The first-order chi connectivity index (χ1) is 48.4. The molecule has 4 aromatic carbocycles. The van der Waals surface area contributed by atoms with Crippen molar-refractivity contribution < 1.29 is 72.0 Å². The number of hydrogen-bond acceptors (Lipinski definition) is 17. The lowest BCUT2D eigenvalue weighted by atomic mass is 10.1. The van der Waals surface area contributed by atoms with Gasteiger partial charge in [0.1, 0.15) is 89.4 Å². The normalized spacial score (nSPS) is 12.6. The summed E-state index contributed by atoms with van der Waals surface area (Å²) in [6.07, 6.45) is 7.92. The van der Waals surface area contributed by atoms with E-state index in [2.05, 4.69) is 89.3 Å². The highest BCUT2D eigenvalue weighted by atomic mass is 127. The lowest BCUT2D eigenvalue weighted by Crippen LogP contribution is -2.13. The molecule has 0 amide bonds.